The minimum Gasteiger partial charge on any atom is -0.344 e. The summed E-state index contributed by atoms with van der Waals surface area (Å²) < 4.78 is 1.72. The Hall–Kier alpha value is -2.06. The Morgan fingerprint density at radius 3 is 2.96 bits per heavy atom. The number of fused-ring (bicyclic) bond motifs is 5. The lowest BCUT2D eigenvalue weighted by atomic mass is 9.89. The average molecular weight is 374 g/mol. The standard InChI is InChI=1S/C18H24N6OS/c1-10-5-6-13-12(9-10)14-16-21-15(17(25)19-7-8-23(3)4)22-24(16)11(2)20-18(14)26-13/h10H,5-9H2,1-4H3,(H,19,25)/p+1/t10-/m1/s1. The molecule has 0 radical (unpaired) electrons. The summed E-state index contributed by atoms with van der Waals surface area (Å²) in [5.74, 6) is 1.43. The van der Waals surface area contributed by atoms with Crippen LogP contribution in [0.5, 0.6) is 0 Å². The molecule has 1 atom stereocenters. The van der Waals surface area contributed by atoms with Gasteiger partial charge in [-0.3, -0.25) is 4.79 Å². The summed E-state index contributed by atoms with van der Waals surface area (Å²) in [6, 6.07) is 0. The molecule has 1 aliphatic carbocycles. The number of rotatable bonds is 4. The predicted octanol–water partition coefficient (Wildman–Crippen LogP) is 0.647. The van der Waals surface area contributed by atoms with E-state index in [1.54, 1.807) is 15.9 Å². The molecule has 0 bridgehead atoms. The van der Waals surface area contributed by atoms with E-state index in [0.717, 1.165) is 41.1 Å². The number of nitrogens with zero attached hydrogens (tertiary/aromatic N) is 4. The van der Waals surface area contributed by atoms with Gasteiger partial charge in [-0.15, -0.1) is 16.4 Å². The Kier molecular flexibility index (Phi) is 4.40. The second-order valence-corrected chi connectivity index (χ2v) is 8.66. The van der Waals surface area contributed by atoms with Crippen LogP contribution in [0.25, 0.3) is 15.9 Å². The second kappa shape index (κ2) is 6.59. The smallest absolute Gasteiger partial charge is 0.291 e. The van der Waals surface area contributed by atoms with E-state index in [1.165, 1.54) is 21.8 Å². The molecule has 3 aromatic heterocycles. The van der Waals surface area contributed by atoms with E-state index in [1.807, 2.05) is 6.92 Å². The van der Waals surface area contributed by atoms with Crippen molar-refractivity contribution in [2.75, 3.05) is 27.2 Å². The van der Waals surface area contributed by atoms with Crippen LogP contribution in [-0.4, -0.2) is 52.7 Å². The Morgan fingerprint density at radius 1 is 1.38 bits per heavy atom. The summed E-state index contributed by atoms with van der Waals surface area (Å²) >= 11 is 1.77. The van der Waals surface area contributed by atoms with Crippen molar-refractivity contribution in [1.82, 2.24) is 24.9 Å². The molecule has 0 saturated carbocycles. The van der Waals surface area contributed by atoms with Gasteiger partial charge in [-0.25, -0.2) is 9.97 Å². The third-order valence-electron chi connectivity index (χ3n) is 5.00. The Morgan fingerprint density at radius 2 is 2.19 bits per heavy atom. The van der Waals surface area contributed by atoms with Gasteiger partial charge in [0.25, 0.3) is 5.91 Å². The third-order valence-corrected chi connectivity index (χ3v) is 6.19. The molecule has 0 unspecified atom stereocenters. The van der Waals surface area contributed by atoms with Crippen molar-refractivity contribution in [3.05, 3.63) is 22.1 Å². The molecule has 0 spiro atoms. The molecule has 1 aliphatic rings. The zero-order valence-corrected chi connectivity index (χ0v) is 16.5. The third kappa shape index (κ3) is 2.97. The maximum Gasteiger partial charge on any atom is 0.291 e. The molecule has 4 rings (SSSR count). The molecular formula is C18H25N6OS+. The summed E-state index contributed by atoms with van der Waals surface area (Å²) in [6.07, 6.45) is 3.39. The van der Waals surface area contributed by atoms with Crippen LogP contribution in [0.15, 0.2) is 0 Å². The zero-order valence-electron chi connectivity index (χ0n) is 15.7. The van der Waals surface area contributed by atoms with Gasteiger partial charge in [0, 0.05) is 4.88 Å². The number of aryl methyl sites for hydroxylation is 2. The highest BCUT2D eigenvalue weighted by atomic mass is 32.1. The van der Waals surface area contributed by atoms with Crippen LogP contribution < -0.4 is 10.2 Å². The summed E-state index contributed by atoms with van der Waals surface area (Å²) in [5.41, 5.74) is 2.12. The number of amides is 1. The first-order chi connectivity index (χ1) is 12.4. The van der Waals surface area contributed by atoms with Crippen molar-refractivity contribution in [1.29, 1.82) is 0 Å². The fourth-order valence-electron chi connectivity index (χ4n) is 3.55. The quantitative estimate of drug-likeness (QED) is 0.704. The normalized spacial score (nSPS) is 17.2. The number of carbonyl (C=O) groups excluding carboxylic acids is 1. The Bertz CT molecular complexity index is 989. The van der Waals surface area contributed by atoms with Crippen LogP contribution in [0, 0.1) is 12.8 Å². The summed E-state index contributed by atoms with van der Waals surface area (Å²) in [5, 5.41) is 8.43. The van der Waals surface area contributed by atoms with Crippen LogP contribution in [-0.2, 0) is 12.8 Å². The van der Waals surface area contributed by atoms with Crippen molar-refractivity contribution < 1.29 is 9.69 Å². The van der Waals surface area contributed by atoms with E-state index in [4.69, 9.17) is 4.98 Å². The van der Waals surface area contributed by atoms with E-state index in [2.05, 4.69) is 36.4 Å². The number of aromatic nitrogens is 4. The van der Waals surface area contributed by atoms with Gasteiger partial charge in [0.1, 0.15) is 10.7 Å². The van der Waals surface area contributed by atoms with Gasteiger partial charge < -0.3 is 10.2 Å². The molecule has 8 heteroatoms. The lowest BCUT2D eigenvalue weighted by molar-refractivity contribution is -0.856. The van der Waals surface area contributed by atoms with Crippen molar-refractivity contribution in [3.8, 4) is 0 Å². The number of carbonyl (C=O) groups is 1. The largest absolute Gasteiger partial charge is 0.344 e. The lowest BCUT2D eigenvalue weighted by Gasteiger charge is -2.17. The molecule has 3 heterocycles. The van der Waals surface area contributed by atoms with Gasteiger partial charge in [0.15, 0.2) is 5.65 Å². The van der Waals surface area contributed by atoms with E-state index in [0.29, 0.717) is 12.5 Å². The highest BCUT2D eigenvalue weighted by molar-refractivity contribution is 7.19. The summed E-state index contributed by atoms with van der Waals surface area (Å²) in [4.78, 5) is 25.5. The molecule has 1 amide bonds. The van der Waals surface area contributed by atoms with Crippen LogP contribution >= 0.6 is 11.3 Å². The molecule has 0 fully saturated rings. The minimum absolute atomic E-state index is 0.222. The van der Waals surface area contributed by atoms with Crippen molar-refractivity contribution >= 4 is 33.1 Å². The van der Waals surface area contributed by atoms with E-state index >= 15 is 0 Å². The summed E-state index contributed by atoms with van der Waals surface area (Å²) in [7, 11) is 4.11. The number of likely N-dealkylation sites (N-methyl/N-ethyl adjacent to an activating group) is 1. The molecule has 26 heavy (non-hydrogen) atoms. The van der Waals surface area contributed by atoms with Gasteiger partial charge in [-0.05, 0) is 37.7 Å². The molecule has 3 aromatic rings. The van der Waals surface area contributed by atoms with E-state index in [-0.39, 0.29) is 11.7 Å². The fourth-order valence-corrected chi connectivity index (χ4v) is 4.80. The first-order valence-corrected chi connectivity index (χ1v) is 10.0. The molecular weight excluding hydrogens is 348 g/mol. The Labute approximate surface area is 156 Å². The number of quaternary nitrogens is 1. The molecule has 7 nitrogen and oxygen atoms in total. The van der Waals surface area contributed by atoms with Crippen LogP contribution in [0.1, 0.15) is 40.2 Å². The molecule has 138 valence electrons. The maximum atomic E-state index is 12.4. The monoisotopic (exact) mass is 373 g/mol. The van der Waals surface area contributed by atoms with E-state index in [9.17, 15) is 4.79 Å². The van der Waals surface area contributed by atoms with Crippen molar-refractivity contribution in [2.45, 2.75) is 33.1 Å². The Balaban J connectivity index is 1.77. The van der Waals surface area contributed by atoms with Gasteiger partial charge in [0.2, 0.25) is 5.82 Å². The summed E-state index contributed by atoms with van der Waals surface area (Å²) in [6.45, 7) is 5.68. The average Bonchev–Trinajstić information content (AvgIpc) is 3.15. The minimum atomic E-state index is -0.222. The number of hydrogen-bond acceptors (Lipinski definition) is 5. The SMILES string of the molecule is Cc1nc2sc3c(c2c2nc(C(=O)NCC[NH+](C)C)nn12)C[C@H](C)CC3. The molecule has 2 N–H and O–H groups in total. The van der Waals surface area contributed by atoms with Gasteiger partial charge in [0.05, 0.1) is 32.6 Å². The second-order valence-electron chi connectivity index (χ2n) is 7.57. The van der Waals surface area contributed by atoms with Crippen LogP contribution in [0.3, 0.4) is 0 Å². The van der Waals surface area contributed by atoms with Crippen molar-refractivity contribution in [2.24, 2.45) is 5.92 Å². The fraction of sp³-hybridized carbons (Fsp3) is 0.556. The highest BCUT2D eigenvalue weighted by Crippen LogP contribution is 2.38. The van der Waals surface area contributed by atoms with Gasteiger partial charge >= 0.3 is 0 Å². The highest BCUT2D eigenvalue weighted by Gasteiger charge is 2.25. The van der Waals surface area contributed by atoms with Crippen molar-refractivity contribution in [3.63, 3.8) is 0 Å². The van der Waals surface area contributed by atoms with Gasteiger partial charge in [-0.2, -0.15) is 4.52 Å². The van der Waals surface area contributed by atoms with Crippen LogP contribution in [0.2, 0.25) is 0 Å². The maximum absolute atomic E-state index is 12.4. The lowest BCUT2D eigenvalue weighted by Crippen LogP contribution is -3.06. The molecule has 0 aromatic carbocycles. The predicted molar refractivity (Wildman–Crippen MR) is 102 cm³/mol. The number of thiophene rings is 1. The molecule has 0 saturated heterocycles. The molecule has 0 aliphatic heterocycles. The first-order valence-electron chi connectivity index (χ1n) is 9.19. The zero-order chi connectivity index (χ0) is 18.4. The number of nitrogens with one attached hydrogen (secondary N) is 2. The van der Waals surface area contributed by atoms with Crippen LogP contribution in [0.4, 0.5) is 0 Å². The number of hydrogen-bond donors (Lipinski definition) is 2. The first kappa shape index (κ1) is 17.4. The van der Waals surface area contributed by atoms with E-state index < -0.39 is 0 Å². The van der Waals surface area contributed by atoms with Gasteiger partial charge in [-0.1, -0.05) is 6.92 Å². The topological polar surface area (TPSA) is 76.6 Å².